The second kappa shape index (κ2) is 30.6. The van der Waals surface area contributed by atoms with Gasteiger partial charge in [0.1, 0.15) is 42.7 Å². The molecule has 0 spiro atoms. The molecule has 304 valence electrons. The number of carbonyl (C=O) groups is 1. The molecule has 0 aliphatic heterocycles. The number of unbranched alkanes of at least 4 members (excludes halogenated alkanes) is 22. The van der Waals surface area contributed by atoms with E-state index in [0.717, 1.165) is 38.5 Å². The van der Waals surface area contributed by atoms with Crippen LogP contribution in [-0.2, 0) is 27.9 Å². The van der Waals surface area contributed by atoms with Crippen LogP contribution >= 0.6 is 7.82 Å². The van der Waals surface area contributed by atoms with E-state index in [1.807, 2.05) is 0 Å². The van der Waals surface area contributed by atoms with Crippen molar-refractivity contribution in [2.75, 3.05) is 19.8 Å². The molecule has 1 rings (SSSR count). The van der Waals surface area contributed by atoms with E-state index in [1.165, 1.54) is 109 Å². The van der Waals surface area contributed by atoms with Crippen LogP contribution in [0.2, 0.25) is 0 Å². The summed E-state index contributed by atoms with van der Waals surface area (Å²) >= 11 is 0. The lowest BCUT2D eigenvalue weighted by atomic mass is 9.85. The second-order valence-electron chi connectivity index (χ2n) is 14.5. The van der Waals surface area contributed by atoms with E-state index in [4.69, 9.17) is 18.5 Å². The first kappa shape index (κ1) is 48.4. The molecule has 13 heteroatoms. The molecule has 6 unspecified atom stereocenters. The maximum Gasteiger partial charge on any atom is 0.472 e. The zero-order chi connectivity index (χ0) is 37.7. The quantitative estimate of drug-likeness (QED) is 0.0224. The molecule has 1 saturated carbocycles. The van der Waals surface area contributed by atoms with Crippen LogP contribution in [0.15, 0.2) is 0 Å². The zero-order valence-corrected chi connectivity index (χ0v) is 32.8. The molecule has 6 N–H and O–H groups in total. The fourth-order valence-electron chi connectivity index (χ4n) is 6.41. The number of aliphatic hydroxyl groups is 5. The lowest BCUT2D eigenvalue weighted by molar-refractivity contribution is -0.220. The Balaban J connectivity index is 2.42. The van der Waals surface area contributed by atoms with Crippen LogP contribution < -0.4 is 0 Å². The van der Waals surface area contributed by atoms with Crippen molar-refractivity contribution >= 4 is 13.8 Å². The third kappa shape index (κ3) is 23.7. The first-order valence-electron chi connectivity index (χ1n) is 20.4. The summed E-state index contributed by atoms with van der Waals surface area (Å²) in [6.45, 7) is 4.23. The van der Waals surface area contributed by atoms with Crippen LogP contribution in [0.5, 0.6) is 0 Å². The largest absolute Gasteiger partial charge is 0.472 e. The summed E-state index contributed by atoms with van der Waals surface area (Å²) in [5, 5.41) is 49.9. The second-order valence-corrected chi connectivity index (χ2v) is 15.9. The van der Waals surface area contributed by atoms with Gasteiger partial charge in [-0.15, -0.1) is 0 Å². The Kier molecular flexibility index (Phi) is 29.1. The van der Waals surface area contributed by atoms with Crippen LogP contribution in [0.1, 0.15) is 174 Å². The Bertz CT molecular complexity index is 864. The first-order valence-corrected chi connectivity index (χ1v) is 21.9. The minimum absolute atomic E-state index is 0.0690. The minimum atomic E-state index is -5.00. The van der Waals surface area contributed by atoms with Crippen molar-refractivity contribution in [2.45, 2.75) is 217 Å². The molecule has 0 bridgehead atoms. The average Bonchev–Trinajstić information content (AvgIpc) is 3.11. The molecule has 1 fully saturated rings. The normalized spacial score (nSPS) is 24.0. The number of hydrogen-bond acceptors (Lipinski definition) is 11. The van der Waals surface area contributed by atoms with Gasteiger partial charge in [-0.2, -0.15) is 0 Å². The highest BCUT2D eigenvalue weighted by Crippen LogP contribution is 2.47. The molecule has 1 aliphatic rings. The van der Waals surface area contributed by atoms with E-state index in [0.29, 0.717) is 13.0 Å². The van der Waals surface area contributed by atoms with E-state index in [2.05, 4.69) is 13.8 Å². The van der Waals surface area contributed by atoms with Crippen LogP contribution in [0.4, 0.5) is 0 Å². The molecule has 0 aromatic rings. The summed E-state index contributed by atoms with van der Waals surface area (Å²) in [5.41, 5.74) is 0. The Labute approximate surface area is 308 Å². The standard InChI is InChI=1S/C38H75O12P/c1-3-5-7-9-11-13-14-15-16-17-18-20-22-24-26-28-47-29-31(49-32(39)27-25-23-21-19-12-10-8-6-4-2)30-48-51(45,46)50-38-36(43)34(41)33(40)35(42)37(38)44/h31,33-38,40-44H,3-30H2,1-2H3,(H,45,46). The summed E-state index contributed by atoms with van der Waals surface area (Å²) in [4.78, 5) is 22.9. The number of ether oxygens (including phenoxy) is 2. The van der Waals surface area contributed by atoms with Crippen LogP contribution in [0.25, 0.3) is 0 Å². The summed E-state index contributed by atoms with van der Waals surface area (Å²) in [5.74, 6) is -0.478. The molecular formula is C38H75O12P. The minimum Gasteiger partial charge on any atom is -0.457 e. The van der Waals surface area contributed by atoms with Crippen molar-refractivity contribution in [3.63, 3.8) is 0 Å². The summed E-state index contributed by atoms with van der Waals surface area (Å²) < 4.78 is 34.0. The highest BCUT2D eigenvalue weighted by Gasteiger charge is 2.51. The van der Waals surface area contributed by atoms with Gasteiger partial charge in [-0.3, -0.25) is 13.8 Å². The summed E-state index contributed by atoms with van der Waals surface area (Å²) in [6, 6.07) is 0. The van der Waals surface area contributed by atoms with Gasteiger partial charge in [0.2, 0.25) is 0 Å². The molecule has 0 amide bonds. The molecule has 51 heavy (non-hydrogen) atoms. The van der Waals surface area contributed by atoms with Crippen molar-refractivity contribution in [3.05, 3.63) is 0 Å². The number of hydrogen-bond donors (Lipinski definition) is 6. The van der Waals surface area contributed by atoms with Gasteiger partial charge >= 0.3 is 13.8 Å². The zero-order valence-electron chi connectivity index (χ0n) is 31.9. The van der Waals surface area contributed by atoms with Crippen LogP contribution in [0, 0.1) is 0 Å². The molecule has 0 saturated heterocycles. The maximum atomic E-state index is 12.7. The highest BCUT2D eigenvalue weighted by molar-refractivity contribution is 7.47. The maximum absolute atomic E-state index is 12.7. The van der Waals surface area contributed by atoms with E-state index in [-0.39, 0.29) is 13.0 Å². The molecule has 0 heterocycles. The highest BCUT2D eigenvalue weighted by atomic mass is 31.2. The molecule has 1 aliphatic carbocycles. The molecule has 0 radical (unpaired) electrons. The van der Waals surface area contributed by atoms with Crippen LogP contribution in [-0.4, -0.2) is 98.9 Å². The Hall–Kier alpha value is -0.660. The molecular weight excluding hydrogens is 679 g/mol. The molecule has 0 aromatic carbocycles. The van der Waals surface area contributed by atoms with Crippen molar-refractivity contribution in [2.24, 2.45) is 0 Å². The monoisotopic (exact) mass is 754 g/mol. The van der Waals surface area contributed by atoms with Gasteiger partial charge < -0.3 is 39.9 Å². The van der Waals surface area contributed by atoms with Gasteiger partial charge in [0.15, 0.2) is 0 Å². The number of carbonyl (C=O) groups excluding carboxylic acids is 1. The lowest BCUT2D eigenvalue weighted by Crippen LogP contribution is -2.64. The Morgan fingerprint density at radius 3 is 1.35 bits per heavy atom. The van der Waals surface area contributed by atoms with E-state index >= 15 is 0 Å². The SMILES string of the molecule is CCCCCCCCCCCCCCCCCOCC(COP(=O)(O)OC1C(O)C(O)C(O)C(O)C1O)OC(=O)CCCCCCCCCCC. The van der Waals surface area contributed by atoms with Gasteiger partial charge in [0.25, 0.3) is 0 Å². The number of phosphoric acid groups is 1. The average molecular weight is 755 g/mol. The van der Waals surface area contributed by atoms with Crippen molar-refractivity contribution in [3.8, 4) is 0 Å². The Morgan fingerprint density at radius 2 is 0.922 bits per heavy atom. The third-order valence-corrected chi connectivity index (χ3v) is 10.7. The van der Waals surface area contributed by atoms with Crippen molar-refractivity contribution in [1.82, 2.24) is 0 Å². The molecule has 0 aromatic heterocycles. The fraction of sp³-hybridized carbons (Fsp3) is 0.974. The smallest absolute Gasteiger partial charge is 0.457 e. The van der Waals surface area contributed by atoms with Crippen molar-refractivity contribution < 1.29 is 58.3 Å². The fourth-order valence-corrected chi connectivity index (χ4v) is 7.39. The van der Waals surface area contributed by atoms with E-state index in [1.54, 1.807) is 0 Å². The van der Waals surface area contributed by atoms with Gasteiger partial charge in [0.05, 0.1) is 13.2 Å². The van der Waals surface area contributed by atoms with Gasteiger partial charge in [-0.1, -0.05) is 155 Å². The molecule has 6 atom stereocenters. The predicted molar refractivity (Wildman–Crippen MR) is 198 cm³/mol. The number of phosphoric ester groups is 1. The first-order chi connectivity index (χ1) is 24.5. The van der Waals surface area contributed by atoms with E-state index in [9.17, 15) is 39.8 Å². The number of rotatable bonds is 34. The summed E-state index contributed by atoms with van der Waals surface area (Å²) in [6.07, 6.45) is 16.2. The third-order valence-electron chi connectivity index (χ3n) is 9.73. The van der Waals surface area contributed by atoms with Gasteiger partial charge in [-0.05, 0) is 12.8 Å². The van der Waals surface area contributed by atoms with E-state index < -0.39 is 63.1 Å². The van der Waals surface area contributed by atoms with Crippen LogP contribution in [0.3, 0.4) is 0 Å². The summed E-state index contributed by atoms with van der Waals surface area (Å²) in [7, 11) is -5.00. The van der Waals surface area contributed by atoms with Gasteiger partial charge in [0, 0.05) is 13.0 Å². The topological polar surface area (TPSA) is 192 Å². The van der Waals surface area contributed by atoms with Crippen molar-refractivity contribution in [1.29, 1.82) is 0 Å². The van der Waals surface area contributed by atoms with Gasteiger partial charge in [-0.25, -0.2) is 4.57 Å². The Morgan fingerprint density at radius 1 is 0.549 bits per heavy atom. The number of esters is 1. The lowest BCUT2D eigenvalue weighted by Gasteiger charge is -2.41. The number of aliphatic hydroxyl groups excluding tert-OH is 5. The predicted octanol–water partition coefficient (Wildman–Crippen LogP) is 7.03. The molecule has 12 nitrogen and oxygen atoms in total.